The molecule has 1 aliphatic carbocycles. The molecule has 1 aromatic carbocycles. The van der Waals surface area contributed by atoms with E-state index >= 15 is 0 Å². The molecule has 0 atom stereocenters. The molecule has 2 aliphatic rings. The van der Waals surface area contributed by atoms with Gasteiger partial charge in [-0.1, -0.05) is 25.0 Å². The molecule has 0 amide bonds. The van der Waals surface area contributed by atoms with Gasteiger partial charge >= 0.3 is 0 Å². The second-order valence-electron chi connectivity index (χ2n) is 5.82. The monoisotopic (exact) mass is 275 g/mol. The van der Waals surface area contributed by atoms with E-state index in [1.54, 1.807) is 0 Å². The summed E-state index contributed by atoms with van der Waals surface area (Å²) in [6.07, 6.45) is 7.89. The zero-order chi connectivity index (χ0) is 13.6. The maximum Gasteiger partial charge on any atom is 0.122 e. The Morgan fingerprint density at radius 2 is 2.10 bits per heavy atom. The van der Waals surface area contributed by atoms with E-state index in [4.69, 9.17) is 9.47 Å². The maximum absolute atomic E-state index is 5.84. The Morgan fingerprint density at radius 1 is 1.20 bits per heavy atom. The van der Waals surface area contributed by atoms with Gasteiger partial charge < -0.3 is 14.8 Å². The van der Waals surface area contributed by atoms with E-state index in [2.05, 4.69) is 23.5 Å². The van der Waals surface area contributed by atoms with Gasteiger partial charge in [-0.2, -0.15) is 0 Å². The number of benzene rings is 1. The second kappa shape index (κ2) is 7.09. The molecule has 1 fully saturated rings. The molecule has 0 bridgehead atoms. The number of fused-ring (bicyclic) bond motifs is 1. The molecular formula is C17H25NO2. The molecule has 3 heteroatoms. The third-order valence-electron chi connectivity index (χ3n) is 4.28. The number of hydrogen-bond acceptors (Lipinski definition) is 3. The lowest BCUT2D eigenvalue weighted by Gasteiger charge is -2.11. The summed E-state index contributed by atoms with van der Waals surface area (Å²) in [5.74, 6) is 1.08. The second-order valence-corrected chi connectivity index (χ2v) is 5.82. The van der Waals surface area contributed by atoms with Crippen LogP contribution < -0.4 is 10.1 Å². The highest BCUT2D eigenvalue weighted by Gasteiger charge is 2.14. The van der Waals surface area contributed by atoms with E-state index in [1.807, 2.05) is 0 Å². The summed E-state index contributed by atoms with van der Waals surface area (Å²) in [4.78, 5) is 0. The first kappa shape index (κ1) is 13.9. The number of hydrogen-bond donors (Lipinski definition) is 1. The Labute approximate surface area is 121 Å². The Balaban J connectivity index is 1.29. The third-order valence-corrected chi connectivity index (χ3v) is 4.28. The molecule has 1 aliphatic heterocycles. The minimum atomic E-state index is 0.536. The van der Waals surface area contributed by atoms with Crippen molar-refractivity contribution in [2.24, 2.45) is 0 Å². The Hall–Kier alpha value is -1.06. The normalized spacial score (nSPS) is 18.2. The van der Waals surface area contributed by atoms with Crippen molar-refractivity contribution in [1.82, 2.24) is 5.32 Å². The van der Waals surface area contributed by atoms with Crippen molar-refractivity contribution in [3.63, 3.8) is 0 Å². The average molecular weight is 275 g/mol. The molecule has 3 nitrogen and oxygen atoms in total. The van der Waals surface area contributed by atoms with Gasteiger partial charge in [0, 0.05) is 13.0 Å². The van der Waals surface area contributed by atoms with Gasteiger partial charge in [0.15, 0.2) is 0 Å². The number of rotatable bonds is 7. The van der Waals surface area contributed by atoms with Crippen molar-refractivity contribution in [1.29, 1.82) is 0 Å². The molecular weight excluding hydrogens is 250 g/mol. The van der Waals surface area contributed by atoms with E-state index in [-0.39, 0.29) is 0 Å². The summed E-state index contributed by atoms with van der Waals surface area (Å²) in [5, 5.41) is 3.47. The van der Waals surface area contributed by atoms with E-state index in [9.17, 15) is 0 Å². The number of ether oxygens (including phenoxy) is 2. The Morgan fingerprint density at radius 3 is 3.00 bits per heavy atom. The molecule has 0 saturated heterocycles. The molecule has 1 N–H and O–H groups in total. The van der Waals surface area contributed by atoms with Crippen molar-refractivity contribution in [3.05, 3.63) is 29.3 Å². The summed E-state index contributed by atoms with van der Waals surface area (Å²) in [5.41, 5.74) is 2.77. The van der Waals surface area contributed by atoms with Crippen LogP contribution in [0, 0.1) is 0 Å². The highest BCUT2D eigenvalue weighted by molar-refractivity contribution is 5.39. The summed E-state index contributed by atoms with van der Waals surface area (Å²) in [7, 11) is 0. The van der Waals surface area contributed by atoms with Gasteiger partial charge in [-0.05, 0) is 43.0 Å². The van der Waals surface area contributed by atoms with Crippen molar-refractivity contribution >= 4 is 0 Å². The molecule has 1 aromatic rings. The maximum atomic E-state index is 5.84. The first-order valence-corrected chi connectivity index (χ1v) is 7.99. The fraction of sp³-hybridized carbons (Fsp3) is 0.647. The molecule has 20 heavy (non-hydrogen) atoms. The van der Waals surface area contributed by atoms with Crippen LogP contribution in [0.1, 0.15) is 36.8 Å². The molecule has 110 valence electrons. The molecule has 0 unspecified atom stereocenters. The smallest absolute Gasteiger partial charge is 0.122 e. The standard InChI is InChI=1S/C17H25NO2/c1-2-4-16(3-1)19-12-10-18-9-7-14-5-6-17-15(13-14)8-11-20-17/h5-6,13,16,18H,1-4,7-12H2. The van der Waals surface area contributed by atoms with Gasteiger partial charge in [0.05, 0.1) is 19.3 Å². The summed E-state index contributed by atoms with van der Waals surface area (Å²) < 4.78 is 11.4. The summed E-state index contributed by atoms with van der Waals surface area (Å²) >= 11 is 0. The molecule has 1 saturated carbocycles. The van der Waals surface area contributed by atoms with Crippen molar-refractivity contribution < 1.29 is 9.47 Å². The highest BCUT2D eigenvalue weighted by atomic mass is 16.5. The van der Waals surface area contributed by atoms with E-state index < -0.39 is 0 Å². The van der Waals surface area contributed by atoms with Crippen LogP contribution >= 0.6 is 0 Å². The van der Waals surface area contributed by atoms with Gasteiger partial charge in [-0.25, -0.2) is 0 Å². The van der Waals surface area contributed by atoms with E-state index in [0.717, 1.165) is 44.9 Å². The van der Waals surface area contributed by atoms with Gasteiger partial charge in [0.1, 0.15) is 5.75 Å². The lowest BCUT2D eigenvalue weighted by Crippen LogP contribution is -2.24. The largest absolute Gasteiger partial charge is 0.493 e. The van der Waals surface area contributed by atoms with Crippen LogP contribution in [0.5, 0.6) is 5.75 Å². The third kappa shape index (κ3) is 3.74. The van der Waals surface area contributed by atoms with Gasteiger partial charge in [0.25, 0.3) is 0 Å². The van der Waals surface area contributed by atoms with Crippen LogP contribution in [-0.2, 0) is 17.6 Å². The van der Waals surface area contributed by atoms with Crippen molar-refractivity contribution in [2.45, 2.75) is 44.6 Å². The SMILES string of the molecule is c1cc2c(cc1CCNCCOC1CCCC1)CCO2. The average Bonchev–Trinajstić information content (AvgIpc) is 3.13. The van der Waals surface area contributed by atoms with Crippen LogP contribution in [-0.4, -0.2) is 32.4 Å². The minimum absolute atomic E-state index is 0.536. The molecule has 0 radical (unpaired) electrons. The predicted octanol–water partition coefficient (Wildman–Crippen LogP) is 2.71. The lowest BCUT2D eigenvalue weighted by atomic mass is 10.1. The first-order chi connectivity index (χ1) is 9.92. The summed E-state index contributed by atoms with van der Waals surface area (Å²) in [6, 6.07) is 6.58. The van der Waals surface area contributed by atoms with Crippen LogP contribution in [0.15, 0.2) is 18.2 Å². The fourth-order valence-corrected chi connectivity index (χ4v) is 3.11. The topological polar surface area (TPSA) is 30.5 Å². The zero-order valence-corrected chi connectivity index (χ0v) is 12.2. The van der Waals surface area contributed by atoms with Gasteiger partial charge in [-0.3, -0.25) is 0 Å². The summed E-state index contributed by atoms with van der Waals surface area (Å²) in [6.45, 7) is 3.68. The highest BCUT2D eigenvalue weighted by Crippen LogP contribution is 2.25. The Bertz CT molecular complexity index is 427. The Kier molecular flexibility index (Phi) is 4.93. The fourth-order valence-electron chi connectivity index (χ4n) is 3.11. The van der Waals surface area contributed by atoms with E-state index in [0.29, 0.717) is 6.10 Å². The molecule has 0 aromatic heterocycles. The van der Waals surface area contributed by atoms with Crippen molar-refractivity contribution in [2.75, 3.05) is 26.3 Å². The van der Waals surface area contributed by atoms with Crippen LogP contribution in [0.2, 0.25) is 0 Å². The number of nitrogens with one attached hydrogen (secondary N) is 1. The van der Waals surface area contributed by atoms with Gasteiger partial charge in [-0.15, -0.1) is 0 Å². The van der Waals surface area contributed by atoms with Crippen molar-refractivity contribution in [3.8, 4) is 5.75 Å². The first-order valence-electron chi connectivity index (χ1n) is 7.99. The quantitative estimate of drug-likeness (QED) is 0.776. The van der Waals surface area contributed by atoms with Gasteiger partial charge in [0.2, 0.25) is 0 Å². The van der Waals surface area contributed by atoms with Crippen LogP contribution in [0.4, 0.5) is 0 Å². The predicted molar refractivity (Wildman–Crippen MR) is 80.4 cm³/mol. The zero-order valence-electron chi connectivity index (χ0n) is 12.2. The van der Waals surface area contributed by atoms with Crippen LogP contribution in [0.3, 0.4) is 0 Å². The molecule has 0 spiro atoms. The van der Waals surface area contributed by atoms with E-state index in [1.165, 1.54) is 36.8 Å². The lowest BCUT2D eigenvalue weighted by molar-refractivity contribution is 0.0605. The van der Waals surface area contributed by atoms with Crippen LogP contribution in [0.25, 0.3) is 0 Å². The minimum Gasteiger partial charge on any atom is -0.493 e. The molecule has 3 rings (SSSR count). The molecule has 1 heterocycles.